The third kappa shape index (κ3) is 3.02. The lowest BCUT2D eigenvalue weighted by molar-refractivity contribution is -0.149. The zero-order valence-electron chi connectivity index (χ0n) is 18.7. The molecule has 2 bridgehead atoms. The van der Waals surface area contributed by atoms with Gasteiger partial charge in [-0.25, -0.2) is 0 Å². The number of rotatable bonds is 5. The third-order valence-electron chi connectivity index (χ3n) is 7.97. The maximum atomic E-state index is 13.2. The number of aliphatic carboxylic acids is 1. The van der Waals surface area contributed by atoms with Gasteiger partial charge < -0.3 is 24.7 Å². The number of fused-ring (bicyclic) bond motifs is 9. The number of thioether (sulfide) groups is 1. The van der Waals surface area contributed by atoms with Crippen LogP contribution >= 0.6 is 23.1 Å². The molecule has 12 heteroatoms. The Morgan fingerprint density at radius 3 is 2.34 bits per heavy atom. The number of carbonyl (C=O) groups excluding carboxylic acids is 2. The Balaban J connectivity index is 1.48. The second kappa shape index (κ2) is 7.76. The molecule has 3 N–H and O–H groups in total. The molecule has 1 aromatic heterocycles. The first-order valence-electron chi connectivity index (χ1n) is 11.2. The summed E-state index contributed by atoms with van der Waals surface area (Å²) in [5.41, 5.74) is 0.784. The maximum Gasteiger partial charge on any atom is 0.323 e. The number of aromatic nitrogens is 1. The number of phenols is 1. The van der Waals surface area contributed by atoms with Gasteiger partial charge >= 0.3 is 10.8 Å². The van der Waals surface area contributed by atoms with Gasteiger partial charge in [0.15, 0.2) is 11.5 Å². The minimum Gasteiger partial charge on any atom is -0.502 e. The van der Waals surface area contributed by atoms with Gasteiger partial charge in [0, 0.05) is 16.0 Å². The normalized spacial score (nSPS) is 32.4. The number of aromatic hydroxyl groups is 1. The molecule has 0 radical (unpaired) electrons. The molecule has 184 valence electrons. The van der Waals surface area contributed by atoms with Crippen molar-refractivity contribution in [2.45, 2.75) is 22.6 Å². The first-order valence-corrected chi connectivity index (χ1v) is 12.9. The fourth-order valence-corrected chi connectivity index (χ4v) is 9.73. The van der Waals surface area contributed by atoms with Crippen molar-refractivity contribution < 1.29 is 34.1 Å². The summed E-state index contributed by atoms with van der Waals surface area (Å²) >= 11 is 2.66. The fourth-order valence-electron chi connectivity index (χ4n) is 6.84. The van der Waals surface area contributed by atoms with Gasteiger partial charge in [0.2, 0.25) is 17.6 Å². The van der Waals surface area contributed by atoms with Crippen molar-refractivity contribution in [2.75, 3.05) is 20.8 Å². The number of carboxylic acid groups (broad SMARTS) is 1. The van der Waals surface area contributed by atoms with Gasteiger partial charge in [-0.1, -0.05) is 11.3 Å². The average Bonchev–Trinajstić information content (AvgIpc) is 3.55. The standard InChI is InChI=1S/C23H22N2O8S2/c1-32-10-3-7(4-11(33-2)17(10)28)13-14-8-5-9(18(14)34-20-19(13)35-23(31)24-20)16-15(8)21(29)25(22(16)30)6-12(26)27/h3-4,8-9,13-16,18,28H,5-6H2,1-2H3,(H,24,31)(H,26,27)/t8-,9+,13-,14-,15+,16-,18-/m1/s1. The van der Waals surface area contributed by atoms with Crippen LogP contribution in [0, 0.1) is 29.6 Å². The van der Waals surface area contributed by atoms with Gasteiger partial charge in [-0.2, -0.15) is 0 Å². The number of ether oxygens (including phenoxy) is 2. The number of benzene rings is 1. The number of phenolic OH excluding ortho intramolecular Hbond substituents is 1. The zero-order valence-corrected chi connectivity index (χ0v) is 20.4. The van der Waals surface area contributed by atoms with E-state index >= 15 is 0 Å². The van der Waals surface area contributed by atoms with E-state index in [1.165, 1.54) is 14.2 Å². The number of carboxylic acids is 1. The Kier molecular flexibility index (Phi) is 4.98. The van der Waals surface area contributed by atoms with Crippen molar-refractivity contribution in [2.24, 2.45) is 29.6 Å². The summed E-state index contributed by atoms with van der Waals surface area (Å²) in [6.45, 7) is -0.622. The Morgan fingerprint density at radius 1 is 1.11 bits per heavy atom. The molecule has 3 fully saturated rings. The molecule has 2 aliphatic carbocycles. The zero-order chi connectivity index (χ0) is 24.8. The molecule has 2 aromatic rings. The summed E-state index contributed by atoms with van der Waals surface area (Å²) in [5.74, 6) is -3.36. The first-order chi connectivity index (χ1) is 16.7. The van der Waals surface area contributed by atoms with E-state index in [9.17, 15) is 29.4 Å². The lowest BCUT2D eigenvalue weighted by Crippen LogP contribution is -2.42. The monoisotopic (exact) mass is 518 g/mol. The van der Waals surface area contributed by atoms with Gasteiger partial charge in [0.25, 0.3) is 0 Å². The molecule has 35 heavy (non-hydrogen) atoms. The van der Waals surface area contributed by atoms with Gasteiger partial charge in [0.1, 0.15) is 6.54 Å². The Morgan fingerprint density at radius 2 is 1.74 bits per heavy atom. The predicted octanol–water partition coefficient (Wildman–Crippen LogP) is 1.72. The average molecular weight is 519 g/mol. The highest BCUT2D eigenvalue weighted by Crippen LogP contribution is 2.68. The van der Waals surface area contributed by atoms with Crippen LogP contribution in [0.4, 0.5) is 0 Å². The van der Waals surface area contributed by atoms with Gasteiger partial charge in [-0.15, -0.1) is 11.8 Å². The van der Waals surface area contributed by atoms with Crippen molar-refractivity contribution in [3.8, 4) is 17.2 Å². The van der Waals surface area contributed by atoms with Crippen LogP contribution in [0.15, 0.2) is 22.0 Å². The second-order valence-electron chi connectivity index (χ2n) is 9.39. The SMILES string of the molecule is COc1cc([C@H]2c3sc(=O)[nH]c3S[C@@H]3[C@H]4C[C@@H]([C@@H]5C(=O)N(CC(=O)O)C(=O)[C@H]45)[C@H]23)cc(OC)c1O. The van der Waals surface area contributed by atoms with Crippen LogP contribution in [0.1, 0.15) is 22.8 Å². The topological polar surface area (TPSA) is 146 Å². The quantitative estimate of drug-likeness (QED) is 0.504. The molecule has 4 aliphatic rings. The second-order valence-corrected chi connectivity index (χ2v) is 11.6. The molecular formula is C23H22N2O8S2. The first kappa shape index (κ1) is 22.5. The predicted molar refractivity (Wildman–Crippen MR) is 124 cm³/mol. The van der Waals surface area contributed by atoms with Crippen molar-refractivity contribution in [1.82, 2.24) is 9.88 Å². The minimum atomic E-state index is -1.22. The Labute approximate surface area is 207 Å². The number of nitrogens with zero attached hydrogens (tertiary/aromatic N) is 1. The molecule has 7 atom stereocenters. The number of hydrogen-bond donors (Lipinski definition) is 3. The van der Waals surface area contributed by atoms with E-state index in [0.717, 1.165) is 31.7 Å². The summed E-state index contributed by atoms with van der Waals surface area (Å²) in [4.78, 5) is 54.5. The summed E-state index contributed by atoms with van der Waals surface area (Å²) in [6.07, 6.45) is 0.693. The summed E-state index contributed by atoms with van der Waals surface area (Å²) in [7, 11) is 2.89. The van der Waals surface area contributed by atoms with Crippen LogP contribution in [0.3, 0.4) is 0 Å². The van der Waals surface area contributed by atoms with Crippen LogP contribution in [0.5, 0.6) is 17.2 Å². The number of H-pyrrole nitrogens is 1. The van der Waals surface area contributed by atoms with Gasteiger partial charge in [-0.05, 0) is 41.9 Å². The van der Waals surface area contributed by atoms with Crippen molar-refractivity contribution >= 4 is 40.9 Å². The van der Waals surface area contributed by atoms with E-state index in [1.807, 2.05) is 0 Å². The van der Waals surface area contributed by atoms with Gasteiger partial charge in [0.05, 0.1) is 31.1 Å². The highest BCUT2D eigenvalue weighted by molar-refractivity contribution is 8.00. The number of likely N-dealkylation sites (tertiary alicyclic amines) is 1. The van der Waals surface area contributed by atoms with Crippen LogP contribution in [0.2, 0.25) is 0 Å². The van der Waals surface area contributed by atoms with Crippen LogP contribution in [-0.2, 0) is 14.4 Å². The number of hydrogen-bond acceptors (Lipinski definition) is 9. The molecule has 1 aromatic carbocycles. The number of thiazole rings is 1. The van der Waals surface area contributed by atoms with Crippen molar-refractivity contribution in [3.63, 3.8) is 0 Å². The molecule has 2 saturated carbocycles. The summed E-state index contributed by atoms with van der Waals surface area (Å²) in [5, 5.41) is 20.4. The third-order valence-corrected chi connectivity index (χ3v) is 10.6. The molecule has 6 rings (SSSR count). The number of methoxy groups -OCH3 is 2. The number of aromatic amines is 1. The molecule has 2 amide bonds. The number of nitrogens with one attached hydrogen (secondary N) is 1. The molecule has 10 nitrogen and oxygen atoms in total. The number of carbonyl (C=O) groups is 3. The highest BCUT2D eigenvalue weighted by Gasteiger charge is 2.69. The minimum absolute atomic E-state index is 0.0312. The summed E-state index contributed by atoms with van der Waals surface area (Å²) in [6, 6.07) is 3.46. The van der Waals surface area contributed by atoms with E-state index in [2.05, 4.69) is 4.98 Å². The number of imide groups is 1. The molecular weight excluding hydrogens is 496 g/mol. The molecule has 0 unspecified atom stereocenters. The van der Waals surface area contributed by atoms with E-state index < -0.39 is 36.2 Å². The molecule has 2 aliphatic heterocycles. The maximum absolute atomic E-state index is 13.2. The van der Waals surface area contributed by atoms with E-state index in [4.69, 9.17) is 9.47 Å². The Hall–Kier alpha value is -2.99. The van der Waals surface area contributed by atoms with Crippen LogP contribution < -0.4 is 14.3 Å². The van der Waals surface area contributed by atoms with Gasteiger partial charge in [-0.3, -0.25) is 24.1 Å². The Bertz CT molecular complexity index is 1310. The van der Waals surface area contributed by atoms with Crippen molar-refractivity contribution in [3.05, 3.63) is 32.2 Å². The fraction of sp³-hybridized carbons (Fsp3) is 0.478. The number of amides is 2. The molecule has 1 saturated heterocycles. The smallest absolute Gasteiger partial charge is 0.323 e. The van der Waals surface area contributed by atoms with E-state index in [-0.39, 0.29) is 51.0 Å². The van der Waals surface area contributed by atoms with Crippen molar-refractivity contribution in [1.29, 1.82) is 0 Å². The van der Waals surface area contributed by atoms with Crippen LogP contribution in [0.25, 0.3) is 0 Å². The highest BCUT2D eigenvalue weighted by atomic mass is 32.2. The molecule has 0 spiro atoms. The molecule has 3 heterocycles. The van der Waals surface area contributed by atoms with E-state index in [1.54, 1.807) is 23.9 Å². The van der Waals surface area contributed by atoms with Crippen LogP contribution in [-0.4, -0.2) is 63.9 Å². The van der Waals surface area contributed by atoms with E-state index in [0.29, 0.717) is 6.42 Å². The largest absolute Gasteiger partial charge is 0.502 e. The summed E-state index contributed by atoms with van der Waals surface area (Å²) < 4.78 is 10.7. The lowest BCUT2D eigenvalue weighted by atomic mass is 9.68. The lowest BCUT2D eigenvalue weighted by Gasteiger charge is -2.43.